The van der Waals surface area contributed by atoms with Crippen LogP contribution in [0.2, 0.25) is 0 Å². The molecule has 1 N–H and O–H groups in total. The summed E-state index contributed by atoms with van der Waals surface area (Å²) in [6.07, 6.45) is 3.80. The molecule has 0 aliphatic carbocycles. The number of aromatic nitrogens is 1. The summed E-state index contributed by atoms with van der Waals surface area (Å²) in [4.78, 5) is 33.4. The zero-order valence-corrected chi connectivity index (χ0v) is 16.2. The van der Waals surface area contributed by atoms with Crippen molar-refractivity contribution in [2.24, 2.45) is 11.3 Å². The fourth-order valence-corrected chi connectivity index (χ4v) is 4.57. The molecule has 0 bridgehead atoms. The largest absolute Gasteiger partial charge is 0.359 e. The Morgan fingerprint density at radius 1 is 1.07 bits per heavy atom. The molecule has 1 unspecified atom stereocenters. The molecule has 1 aromatic carbocycles. The number of hydrogen-bond acceptors (Lipinski definition) is 4. The van der Waals surface area contributed by atoms with Crippen molar-refractivity contribution < 1.29 is 9.59 Å². The molecular formula is C22H26N4O2. The molecule has 2 amide bonds. The molecular weight excluding hydrogens is 352 g/mol. The zero-order chi connectivity index (χ0) is 19.6. The van der Waals surface area contributed by atoms with Crippen LogP contribution in [0.25, 0.3) is 0 Å². The number of likely N-dealkylation sites (tertiary alicyclic amines) is 2. The molecule has 28 heavy (non-hydrogen) atoms. The van der Waals surface area contributed by atoms with Gasteiger partial charge in [-0.1, -0.05) is 30.3 Å². The fourth-order valence-electron chi connectivity index (χ4n) is 4.57. The lowest BCUT2D eigenvalue weighted by molar-refractivity contribution is -0.149. The minimum atomic E-state index is -0.136. The molecule has 6 nitrogen and oxygen atoms in total. The highest BCUT2D eigenvalue weighted by Gasteiger charge is 2.57. The summed E-state index contributed by atoms with van der Waals surface area (Å²) in [6.45, 7) is 3.72. The Kier molecular flexibility index (Phi) is 5.13. The number of nitrogens with one attached hydrogen (secondary N) is 1. The van der Waals surface area contributed by atoms with E-state index in [9.17, 15) is 9.59 Å². The van der Waals surface area contributed by atoms with Crippen LogP contribution in [0.1, 0.15) is 11.1 Å². The smallest absolute Gasteiger partial charge is 0.227 e. The summed E-state index contributed by atoms with van der Waals surface area (Å²) >= 11 is 0. The van der Waals surface area contributed by atoms with Crippen LogP contribution in [-0.2, 0) is 22.6 Å². The zero-order valence-electron chi connectivity index (χ0n) is 16.2. The highest BCUT2D eigenvalue weighted by molar-refractivity contribution is 5.83. The van der Waals surface area contributed by atoms with Gasteiger partial charge in [0.05, 0.1) is 12.3 Å². The van der Waals surface area contributed by atoms with E-state index in [-0.39, 0.29) is 23.1 Å². The van der Waals surface area contributed by atoms with E-state index in [0.29, 0.717) is 19.5 Å². The second-order valence-corrected chi connectivity index (χ2v) is 7.97. The van der Waals surface area contributed by atoms with Gasteiger partial charge in [-0.3, -0.25) is 19.5 Å². The maximum atomic E-state index is 12.6. The summed E-state index contributed by atoms with van der Waals surface area (Å²) in [6, 6.07) is 14.1. The van der Waals surface area contributed by atoms with Crippen LogP contribution in [-0.4, -0.2) is 59.8 Å². The average molecular weight is 378 g/mol. The van der Waals surface area contributed by atoms with Crippen molar-refractivity contribution >= 4 is 11.8 Å². The Bertz CT molecular complexity index is 834. The number of carbonyl (C=O) groups is 2. The minimum Gasteiger partial charge on any atom is -0.359 e. The first-order valence-electron chi connectivity index (χ1n) is 9.74. The van der Waals surface area contributed by atoms with Crippen LogP contribution in [0.3, 0.4) is 0 Å². The van der Waals surface area contributed by atoms with Crippen LogP contribution in [0, 0.1) is 11.3 Å². The molecule has 1 aromatic heterocycles. The van der Waals surface area contributed by atoms with Crippen LogP contribution < -0.4 is 5.32 Å². The molecule has 2 aliphatic heterocycles. The van der Waals surface area contributed by atoms with Crippen molar-refractivity contribution in [1.82, 2.24) is 20.1 Å². The number of carbonyl (C=O) groups excluding carboxylic acids is 2. The van der Waals surface area contributed by atoms with Gasteiger partial charge in [0.1, 0.15) is 0 Å². The predicted octanol–water partition coefficient (Wildman–Crippen LogP) is 1.33. The monoisotopic (exact) mass is 378 g/mol. The van der Waals surface area contributed by atoms with Gasteiger partial charge in [-0.15, -0.1) is 0 Å². The van der Waals surface area contributed by atoms with E-state index < -0.39 is 0 Å². The lowest BCUT2D eigenvalue weighted by atomic mass is 9.71. The Balaban J connectivity index is 1.42. The van der Waals surface area contributed by atoms with Crippen molar-refractivity contribution in [2.75, 3.05) is 33.2 Å². The molecule has 2 aliphatic rings. The van der Waals surface area contributed by atoms with Gasteiger partial charge in [0.15, 0.2) is 0 Å². The number of amides is 2. The van der Waals surface area contributed by atoms with Gasteiger partial charge in [0.2, 0.25) is 11.8 Å². The molecule has 4 rings (SSSR count). The van der Waals surface area contributed by atoms with Crippen molar-refractivity contribution in [2.45, 2.75) is 13.0 Å². The predicted molar refractivity (Wildman–Crippen MR) is 106 cm³/mol. The summed E-state index contributed by atoms with van der Waals surface area (Å²) < 4.78 is 0. The molecule has 2 saturated heterocycles. The molecule has 146 valence electrons. The normalized spacial score (nSPS) is 20.8. The molecule has 3 heterocycles. The third-order valence-electron chi connectivity index (χ3n) is 6.00. The summed E-state index contributed by atoms with van der Waals surface area (Å²) in [7, 11) is 1.70. The first-order valence-corrected chi connectivity index (χ1v) is 9.74. The highest BCUT2D eigenvalue weighted by atomic mass is 16.2. The van der Waals surface area contributed by atoms with E-state index in [4.69, 9.17) is 0 Å². The van der Waals surface area contributed by atoms with Crippen molar-refractivity contribution in [3.63, 3.8) is 0 Å². The number of pyridine rings is 1. The lowest BCUT2D eigenvalue weighted by Gasteiger charge is -2.50. The Morgan fingerprint density at radius 2 is 1.79 bits per heavy atom. The van der Waals surface area contributed by atoms with Gasteiger partial charge in [0.25, 0.3) is 0 Å². The maximum Gasteiger partial charge on any atom is 0.227 e. The Labute approximate surface area is 165 Å². The van der Waals surface area contributed by atoms with Crippen molar-refractivity contribution in [1.29, 1.82) is 0 Å². The van der Waals surface area contributed by atoms with E-state index in [1.807, 2.05) is 35.2 Å². The van der Waals surface area contributed by atoms with E-state index in [1.54, 1.807) is 19.4 Å². The van der Waals surface area contributed by atoms with E-state index >= 15 is 0 Å². The maximum absolute atomic E-state index is 12.6. The number of benzene rings is 1. The average Bonchev–Trinajstić information content (AvgIpc) is 3.07. The number of rotatable bonds is 5. The first-order chi connectivity index (χ1) is 13.6. The number of hydrogen-bond donors (Lipinski definition) is 1. The van der Waals surface area contributed by atoms with Gasteiger partial charge in [-0.25, -0.2) is 0 Å². The van der Waals surface area contributed by atoms with Crippen LogP contribution >= 0.6 is 0 Å². The second kappa shape index (κ2) is 7.72. The fraction of sp³-hybridized carbons (Fsp3) is 0.409. The summed E-state index contributed by atoms with van der Waals surface area (Å²) in [5.41, 5.74) is 2.09. The van der Waals surface area contributed by atoms with Gasteiger partial charge in [-0.05, 0) is 23.3 Å². The number of nitrogens with zero attached hydrogens (tertiary/aromatic N) is 3. The summed E-state index contributed by atoms with van der Waals surface area (Å²) in [5.74, 6) is 0.122. The Hall–Kier alpha value is -2.73. The molecule has 2 fully saturated rings. The van der Waals surface area contributed by atoms with Crippen molar-refractivity contribution in [3.05, 3.63) is 66.0 Å². The molecule has 0 radical (unpaired) electrons. The third-order valence-corrected chi connectivity index (χ3v) is 6.00. The van der Waals surface area contributed by atoms with E-state index in [1.165, 1.54) is 5.56 Å². The molecule has 1 spiro atoms. The van der Waals surface area contributed by atoms with Gasteiger partial charge in [-0.2, -0.15) is 0 Å². The molecule has 1 atom stereocenters. The molecule has 0 saturated carbocycles. The lowest BCUT2D eigenvalue weighted by Crippen LogP contribution is -2.64. The van der Waals surface area contributed by atoms with Gasteiger partial charge < -0.3 is 10.2 Å². The van der Waals surface area contributed by atoms with E-state index in [2.05, 4.69) is 27.3 Å². The SMILES string of the molecule is CNC(=O)C1CN(Cc2ccccc2)CC12CN(C(=O)Cc1ccncc1)C2. The van der Waals surface area contributed by atoms with Gasteiger partial charge >= 0.3 is 0 Å². The highest BCUT2D eigenvalue weighted by Crippen LogP contribution is 2.44. The van der Waals surface area contributed by atoms with Crippen LogP contribution in [0.4, 0.5) is 0 Å². The third kappa shape index (κ3) is 3.64. The quantitative estimate of drug-likeness (QED) is 0.853. The van der Waals surface area contributed by atoms with Gasteiger partial charge in [0, 0.05) is 57.6 Å². The van der Waals surface area contributed by atoms with E-state index in [0.717, 1.165) is 25.2 Å². The minimum absolute atomic E-state index is 0.0776. The van der Waals surface area contributed by atoms with Crippen molar-refractivity contribution in [3.8, 4) is 0 Å². The molecule has 2 aromatic rings. The standard InChI is InChI=1S/C22H26N4O2/c1-23-21(28)19-13-25(12-18-5-3-2-4-6-18)14-22(19)15-26(16-22)20(27)11-17-7-9-24-10-8-17/h2-10,19H,11-16H2,1H3,(H,23,28). The summed E-state index contributed by atoms with van der Waals surface area (Å²) in [5, 5.41) is 2.82. The topological polar surface area (TPSA) is 65.5 Å². The van der Waals surface area contributed by atoms with Crippen LogP contribution in [0.5, 0.6) is 0 Å². The Morgan fingerprint density at radius 3 is 2.46 bits per heavy atom. The van der Waals surface area contributed by atoms with Crippen LogP contribution in [0.15, 0.2) is 54.9 Å². The molecule has 6 heteroatoms. The first kappa shape index (κ1) is 18.6. The second-order valence-electron chi connectivity index (χ2n) is 7.97.